The Kier molecular flexibility index (Phi) is 8.16. The molecule has 1 aromatic heterocycles. The van der Waals surface area contributed by atoms with Crippen molar-refractivity contribution in [2.75, 3.05) is 0 Å². The number of aliphatic carboxylic acids is 1. The molecule has 0 aliphatic rings. The van der Waals surface area contributed by atoms with Crippen molar-refractivity contribution < 1.29 is 19.8 Å². The summed E-state index contributed by atoms with van der Waals surface area (Å²) in [5, 5.41) is 28.5. The molecule has 1 heterocycles. The molecule has 27 heavy (non-hydrogen) atoms. The van der Waals surface area contributed by atoms with Crippen molar-refractivity contribution in [3.8, 4) is 11.8 Å². The number of benzene rings is 1. The molecule has 0 aliphatic carbocycles. The van der Waals surface area contributed by atoms with E-state index in [0.29, 0.717) is 27.1 Å². The van der Waals surface area contributed by atoms with E-state index in [2.05, 4.69) is 6.58 Å². The smallest absolute Gasteiger partial charge is 0.307 e. The summed E-state index contributed by atoms with van der Waals surface area (Å²) < 4.78 is 1.42. The Hall–Kier alpha value is -2.69. The Bertz CT molecular complexity index is 970. The van der Waals surface area contributed by atoms with Gasteiger partial charge in [-0.3, -0.25) is 14.2 Å². The van der Waals surface area contributed by atoms with Crippen LogP contribution in [0, 0.1) is 18.3 Å². The molecule has 0 amide bonds. The van der Waals surface area contributed by atoms with Gasteiger partial charge >= 0.3 is 5.97 Å². The van der Waals surface area contributed by atoms with E-state index in [-0.39, 0.29) is 23.1 Å². The van der Waals surface area contributed by atoms with Gasteiger partial charge in [-0.1, -0.05) is 36.0 Å². The number of aromatic hydroxyl groups is 1. The van der Waals surface area contributed by atoms with Gasteiger partial charge in [-0.15, -0.1) is 0 Å². The maximum atomic E-state index is 12.9. The summed E-state index contributed by atoms with van der Waals surface area (Å²) in [5.74, 6) is -1.49. The van der Waals surface area contributed by atoms with Gasteiger partial charge in [0.2, 0.25) is 0 Å². The third-order valence-corrected chi connectivity index (χ3v) is 4.75. The fourth-order valence-corrected chi connectivity index (χ4v) is 3.23. The van der Waals surface area contributed by atoms with E-state index in [1.807, 2.05) is 0 Å². The molecule has 2 N–H and O–H groups in total. The number of thioether (sulfide) groups is 1. The first kappa shape index (κ1) is 22.4. The summed E-state index contributed by atoms with van der Waals surface area (Å²) in [4.78, 5) is 24.5. The quantitative estimate of drug-likeness (QED) is 0.685. The van der Waals surface area contributed by atoms with E-state index < -0.39 is 5.97 Å². The number of phenols is 1. The SMILES string of the molecule is C=CS/C(=C\C)C(=O)n1c(C)c(CC(=O)O)c2cc(O)c(Cl)cc21.CC#N. The Morgan fingerprint density at radius 3 is 2.52 bits per heavy atom. The normalized spacial score (nSPS) is 10.7. The van der Waals surface area contributed by atoms with Gasteiger partial charge in [0, 0.05) is 18.0 Å². The number of carbonyl (C=O) groups excluding carboxylic acids is 1. The molecule has 0 atom stereocenters. The number of allylic oxidation sites excluding steroid dienone is 2. The average molecular weight is 407 g/mol. The molecule has 2 rings (SSSR count). The lowest BCUT2D eigenvalue weighted by Crippen LogP contribution is -2.13. The van der Waals surface area contributed by atoms with E-state index in [1.54, 1.807) is 31.4 Å². The highest BCUT2D eigenvalue weighted by molar-refractivity contribution is 8.06. The zero-order chi connectivity index (χ0) is 20.7. The van der Waals surface area contributed by atoms with Crippen LogP contribution in [-0.4, -0.2) is 26.7 Å². The van der Waals surface area contributed by atoms with E-state index in [9.17, 15) is 14.7 Å². The molecule has 0 aliphatic heterocycles. The first-order valence-corrected chi connectivity index (χ1v) is 9.02. The van der Waals surface area contributed by atoms with E-state index in [1.165, 1.54) is 35.4 Å². The van der Waals surface area contributed by atoms with Crippen LogP contribution < -0.4 is 0 Å². The first-order chi connectivity index (χ1) is 12.7. The minimum atomic E-state index is -1.02. The van der Waals surface area contributed by atoms with Gasteiger partial charge in [0.25, 0.3) is 5.91 Å². The molecular formula is C19H19ClN2O4S. The molecule has 0 bridgehead atoms. The van der Waals surface area contributed by atoms with Gasteiger partial charge in [0.15, 0.2) is 0 Å². The minimum absolute atomic E-state index is 0.0920. The van der Waals surface area contributed by atoms with Crippen LogP contribution in [-0.2, 0) is 11.2 Å². The molecule has 0 spiro atoms. The average Bonchev–Trinajstić information content (AvgIpc) is 2.84. The number of aromatic nitrogens is 1. The molecule has 0 saturated carbocycles. The fourth-order valence-electron chi connectivity index (χ4n) is 2.57. The summed E-state index contributed by atoms with van der Waals surface area (Å²) >= 11 is 7.16. The van der Waals surface area contributed by atoms with Crippen LogP contribution in [0.25, 0.3) is 10.9 Å². The Morgan fingerprint density at radius 2 is 2.04 bits per heavy atom. The third kappa shape index (κ3) is 4.94. The van der Waals surface area contributed by atoms with Crippen LogP contribution in [0.3, 0.4) is 0 Å². The Labute approximate surface area is 166 Å². The number of carboxylic acid groups (broad SMARTS) is 1. The number of nitriles is 1. The first-order valence-electron chi connectivity index (χ1n) is 7.76. The molecular weight excluding hydrogens is 388 g/mol. The molecule has 0 fully saturated rings. The minimum Gasteiger partial charge on any atom is -0.506 e. The second kappa shape index (κ2) is 9.86. The maximum Gasteiger partial charge on any atom is 0.307 e. The van der Waals surface area contributed by atoms with Crippen molar-refractivity contribution in [3.05, 3.63) is 51.4 Å². The predicted octanol–water partition coefficient (Wildman–Crippen LogP) is 4.89. The summed E-state index contributed by atoms with van der Waals surface area (Å²) in [7, 11) is 0. The summed E-state index contributed by atoms with van der Waals surface area (Å²) in [5.41, 5.74) is 1.43. The number of fused-ring (bicyclic) bond motifs is 1. The van der Waals surface area contributed by atoms with Gasteiger partial charge < -0.3 is 10.2 Å². The van der Waals surface area contributed by atoms with Crippen molar-refractivity contribution in [1.82, 2.24) is 4.57 Å². The fraction of sp³-hybridized carbons (Fsp3) is 0.211. The molecule has 0 saturated heterocycles. The van der Waals surface area contributed by atoms with Gasteiger partial charge in [-0.25, -0.2) is 0 Å². The highest BCUT2D eigenvalue weighted by Crippen LogP contribution is 2.35. The molecule has 6 nitrogen and oxygen atoms in total. The number of hydrogen-bond acceptors (Lipinski definition) is 5. The van der Waals surface area contributed by atoms with Crippen LogP contribution in [0.4, 0.5) is 0 Å². The van der Waals surface area contributed by atoms with Gasteiger partial charge in [0.05, 0.1) is 27.9 Å². The highest BCUT2D eigenvalue weighted by atomic mass is 35.5. The zero-order valence-electron chi connectivity index (χ0n) is 15.1. The number of phenolic OH excluding ortho intramolecular Hbond substituents is 1. The van der Waals surface area contributed by atoms with Crippen molar-refractivity contribution in [1.29, 1.82) is 5.26 Å². The molecule has 2 aromatic rings. The van der Waals surface area contributed by atoms with E-state index >= 15 is 0 Å². The topological polar surface area (TPSA) is 103 Å². The van der Waals surface area contributed by atoms with Crippen LogP contribution in [0.5, 0.6) is 5.75 Å². The lowest BCUT2D eigenvalue weighted by atomic mass is 10.1. The molecule has 142 valence electrons. The van der Waals surface area contributed by atoms with E-state index in [0.717, 1.165) is 0 Å². The molecule has 1 aromatic carbocycles. The second-order valence-corrected chi connectivity index (χ2v) is 6.67. The monoisotopic (exact) mass is 406 g/mol. The van der Waals surface area contributed by atoms with Crippen molar-refractivity contribution in [3.63, 3.8) is 0 Å². The largest absolute Gasteiger partial charge is 0.506 e. The van der Waals surface area contributed by atoms with E-state index in [4.69, 9.17) is 22.0 Å². The Balaban J connectivity index is 0.00000114. The van der Waals surface area contributed by atoms with Crippen LogP contribution >= 0.6 is 23.4 Å². The number of carboxylic acids is 1. The predicted molar refractivity (Wildman–Crippen MR) is 108 cm³/mol. The summed E-state index contributed by atoms with van der Waals surface area (Å²) in [6, 6.07) is 4.61. The van der Waals surface area contributed by atoms with Crippen molar-refractivity contribution >= 4 is 46.1 Å². The highest BCUT2D eigenvalue weighted by Gasteiger charge is 2.23. The molecule has 0 radical (unpaired) electrons. The van der Waals surface area contributed by atoms with Gasteiger partial charge in [-0.2, -0.15) is 5.26 Å². The van der Waals surface area contributed by atoms with Crippen LogP contribution in [0.15, 0.2) is 35.1 Å². The Morgan fingerprint density at radius 1 is 1.44 bits per heavy atom. The van der Waals surface area contributed by atoms with Crippen LogP contribution in [0.2, 0.25) is 5.02 Å². The van der Waals surface area contributed by atoms with Crippen LogP contribution in [0.1, 0.15) is 29.9 Å². The molecule has 8 heteroatoms. The van der Waals surface area contributed by atoms with Gasteiger partial charge in [0.1, 0.15) is 5.75 Å². The lowest BCUT2D eigenvalue weighted by Gasteiger charge is -2.09. The third-order valence-electron chi connectivity index (χ3n) is 3.62. The number of nitrogens with zero attached hydrogens (tertiary/aromatic N) is 2. The lowest BCUT2D eigenvalue weighted by molar-refractivity contribution is -0.136. The van der Waals surface area contributed by atoms with Crippen molar-refractivity contribution in [2.24, 2.45) is 0 Å². The number of hydrogen-bond donors (Lipinski definition) is 2. The van der Waals surface area contributed by atoms with Gasteiger partial charge in [-0.05, 0) is 37.0 Å². The molecule has 0 unspecified atom stereocenters. The number of carbonyl (C=O) groups is 2. The summed E-state index contributed by atoms with van der Waals surface area (Å²) in [6.45, 7) is 8.45. The second-order valence-electron chi connectivity index (χ2n) is 5.26. The summed E-state index contributed by atoms with van der Waals surface area (Å²) in [6.07, 6.45) is 1.41. The number of rotatable bonds is 5. The number of halogens is 1. The standard InChI is InChI=1S/C17H16ClNO4S.C2H3N/c1-4-15(24-5-2)17(23)19-9(3)10(7-16(21)22)11-6-14(20)12(18)8-13(11)19;1-2-3/h4-6,8,20H,2,7H2,1,3H3,(H,21,22);1H3/b15-4-;. The van der Waals surface area contributed by atoms with Crippen molar-refractivity contribution in [2.45, 2.75) is 27.2 Å². The zero-order valence-corrected chi connectivity index (χ0v) is 16.7. The maximum absolute atomic E-state index is 12.9.